The summed E-state index contributed by atoms with van der Waals surface area (Å²) in [5.74, 6) is 0.501. The lowest BCUT2D eigenvalue weighted by atomic mass is 10.0. The molecule has 5 aromatic rings. The van der Waals surface area contributed by atoms with E-state index in [2.05, 4.69) is 32.5 Å². The van der Waals surface area contributed by atoms with Gasteiger partial charge in [-0.05, 0) is 47.9 Å². The van der Waals surface area contributed by atoms with Crippen molar-refractivity contribution in [2.75, 3.05) is 0 Å². The van der Waals surface area contributed by atoms with Gasteiger partial charge in [0.2, 0.25) is 5.82 Å². The summed E-state index contributed by atoms with van der Waals surface area (Å²) in [4.78, 5) is 17.9. The van der Waals surface area contributed by atoms with Crippen LogP contribution < -0.4 is 5.69 Å². The maximum absolute atomic E-state index is 13.3. The molecule has 2 aromatic carbocycles. The number of nitrogens with zero attached hydrogens (tertiary/aromatic N) is 6. The van der Waals surface area contributed by atoms with Crippen LogP contribution in [0.1, 0.15) is 31.0 Å². The van der Waals surface area contributed by atoms with Crippen molar-refractivity contribution in [2.24, 2.45) is 0 Å². The van der Waals surface area contributed by atoms with Gasteiger partial charge in [-0.1, -0.05) is 55.8 Å². The maximum Gasteiger partial charge on any atom is 0.333 e. The van der Waals surface area contributed by atoms with E-state index >= 15 is 0 Å². The molecule has 0 amide bonds. The molecule has 3 heterocycles. The molecule has 0 unspecified atom stereocenters. The highest BCUT2D eigenvalue weighted by molar-refractivity contribution is 5.76. The number of unbranched alkanes of at least 4 members (excludes halogenated alkanes) is 1. The van der Waals surface area contributed by atoms with Crippen molar-refractivity contribution in [1.82, 2.24) is 34.7 Å². The van der Waals surface area contributed by atoms with E-state index in [4.69, 9.17) is 0 Å². The number of nitrogens with one attached hydrogen (secondary N) is 1. The fourth-order valence-electron chi connectivity index (χ4n) is 4.07. The third kappa shape index (κ3) is 4.30. The lowest BCUT2D eigenvalue weighted by Gasteiger charge is -2.09. The van der Waals surface area contributed by atoms with Gasteiger partial charge in [0, 0.05) is 29.2 Å². The molecule has 0 spiro atoms. The fraction of sp³-hybridized carbons (Fsp3) is 0.192. The molecule has 0 atom stereocenters. The van der Waals surface area contributed by atoms with Crippen molar-refractivity contribution in [3.05, 3.63) is 101 Å². The van der Waals surface area contributed by atoms with E-state index in [0.29, 0.717) is 12.4 Å². The SMILES string of the molecule is CCCCc1cn(-c2ccccc2)c(=O)n1Cc1ccc(-c2ncccc2-c2nn[nH]n2)cc1. The second-order valence-corrected chi connectivity index (χ2v) is 8.13. The standard InChI is InChI=1S/C26H25N7O/c1-2-3-8-22-18-33(21-9-5-4-6-10-21)26(34)32(22)17-19-12-14-20(15-13-19)24-23(11-7-16-27-24)25-28-30-31-29-25/h4-7,9-16,18H,2-3,8,17H2,1H3,(H,28,29,30,31). The van der Waals surface area contributed by atoms with Gasteiger partial charge in [0.25, 0.3) is 0 Å². The zero-order valence-electron chi connectivity index (χ0n) is 18.9. The van der Waals surface area contributed by atoms with Gasteiger partial charge < -0.3 is 0 Å². The molecule has 0 saturated heterocycles. The van der Waals surface area contributed by atoms with E-state index in [1.165, 1.54) is 0 Å². The molecule has 0 aliphatic heterocycles. The molecule has 8 heteroatoms. The molecule has 0 radical (unpaired) electrons. The number of hydrogen-bond donors (Lipinski definition) is 1. The molecule has 0 aliphatic carbocycles. The largest absolute Gasteiger partial charge is 0.333 e. The van der Waals surface area contributed by atoms with Gasteiger partial charge in [-0.3, -0.25) is 14.1 Å². The van der Waals surface area contributed by atoms with E-state index in [1.54, 1.807) is 10.8 Å². The molecule has 0 saturated carbocycles. The van der Waals surface area contributed by atoms with Crippen molar-refractivity contribution in [2.45, 2.75) is 32.7 Å². The van der Waals surface area contributed by atoms with Crippen LogP contribution in [-0.4, -0.2) is 34.7 Å². The molecular weight excluding hydrogens is 426 g/mol. The summed E-state index contributed by atoms with van der Waals surface area (Å²) in [5.41, 5.74) is 5.49. The predicted octanol–water partition coefficient (Wildman–Crippen LogP) is 4.27. The summed E-state index contributed by atoms with van der Waals surface area (Å²) in [6, 6.07) is 21.7. The Kier molecular flexibility index (Phi) is 6.11. The Balaban J connectivity index is 1.46. The molecule has 8 nitrogen and oxygen atoms in total. The number of rotatable bonds is 8. The van der Waals surface area contributed by atoms with Crippen LogP contribution in [0.3, 0.4) is 0 Å². The molecule has 0 bridgehead atoms. The molecule has 170 valence electrons. The Morgan fingerprint density at radius 3 is 2.53 bits per heavy atom. The molecule has 5 rings (SSSR count). The highest BCUT2D eigenvalue weighted by atomic mass is 16.1. The predicted molar refractivity (Wildman–Crippen MR) is 131 cm³/mol. The highest BCUT2D eigenvalue weighted by Gasteiger charge is 2.14. The lowest BCUT2D eigenvalue weighted by Crippen LogP contribution is -2.24. The number of imidazole rings is 1. The summed E-state index contributed by atoms with van der Waals surface area (Å²) < 4.78 is 3.62. The van der Waals surface area contributed by atoms with Crippen molar-refractivity contribution in [3.8, 4) is 28.3 Å². The minimum Gasteiger partial charge on any atom is -0.292 e. The first kappa shape index (κ1) is 21.5. The van der Waals surface area contributed by atoms with Gasteiger partial charge in [0.1, 0.15) is 0 Å². The normalized spacial score (nSPS) is 11.1. The van der Waals surface area contributed by atoms with E-state index in [-0.39, 0.29) is 5.69 Å². The Bertz CT molecular complexity index is 1420. The minimum atomic E-state index is -0.0227. The quantitative estimate of drug-likeness (QED) is 0.380. The van der Waals surface area contributed by atoms with Gasteiger partial charge in [-0.2, -0.15) is 5.21 Å². The van der Waals surface area contributed by atoms with Crippen LogP contribution in [0.5, 0.6) is 0 Å². The number of H-pyrrole nitrogens is 1. The first-order valence-electron chi connectivity index (χ1n) is 11.4. The van der Waals surface area contributed by atoms with Crippen LogP contribution in [-0.2, 0) is 13.0 Å². The number of aryl methyl sites for hydroxylation is 1. The Labute approximate surface area is 196 Å². The second kappa shape index (κ2) is 9.66. The number of aromatic amines is 1. The third-order valence-electron chi connectivity index (χ3n) is 5.84. The number of tetrazole rings is 1. The Morgan fingerprint density at radius 2 is 1.79 bits per heavy atom. The molecular formula is C26H25N7O. The monoisotopic (exact) mass is 451 g/mol. The van der Waals surface area contributed by atoms with E-state index < -0.39 is 0 Å². The van der Waals surface area contributed by atoms with Crippen LogP contribution in [0.15, 0.2) is 83.9 Å². The lowest BCUT2D eigenvalue weighted by molar-refractivity contribution is 0.674. The topological polar surface area (TPSA) is 94.3 Å². The average molecular weight is 452 g/mol. The molecule has 1 N–H and O–H groups in total. The van der Waals surface area contributed by atoms with Gasteiger partial charge >= 0.3 is 5.69 Å². The highest BCUT2D eigenvalue weighted by Crippen LogP contribution is 2.27. The van der Waals surface area contributed by atoms with E-state index in [1.807, 2.05) is 77.5 Å². The molecule has 34 heavy (non-hydrogen) atoms. The first-order chi connectivity index (χ1) is 16.7. The Morgan fingerprint density at radius 1 is 0.971 bits per heavy atom. The average Bonchev–Trinajstić information content (AvgIpc) is 3.53. The van der Waals surface area contributed by atoms with Crippen LogP contribution >= 0.6 is 0 Å². The van der Waals surface area contributed by atoms with Crippen molar-refractivity contribution in [3.63, 3.8) is 0 Å². The maximum atomic E-state index is 13.3. The minimum absolute atomic E-state index is 0.0227. The second-order valence-electron chi connectivity index (χ2n) is 8.13. The van der Waals surface area contributed by atoms with Crippen LogP contribution in [0.25, 0.3) is 28.3 Å². The van der Waals surface area contributed by atoms with E-state index in [0.717, 1.165) is 53.0 Å². The summed E-state index contributed by atoms with van der Waals surface area (Å²) in [6.07, 6.45) is 6.71. The van der Waals surface area contributed by atoms with Gasteiger partial charge in [-0.25, -0.2) is 4.79 Å². The number of pyridine rings is 1. The summed E-state index contributed by atoms with van der Waals surface area (Å²) >= 11 is 0. The van der Waals surface area contributed by atoms with Gasteiger partial charge in [-0.15, -0.1) is 10.2 Å². The number of benzene rings is 2. The van der Waals surface area contributed by atoms with Crippen molar-refractivity contribution in [1.29, 1.82) is 0 Å². The number of aromatic nitrogens is 7. The first-order valence-corrected chi connectivity index (χ1v) is 11.4. The Hall–Kier alpha value is -4.33. The number of para-hydroxylation sites is 1. The van der Waals surface area contributed by atoms with E-state index in [9.17, 15) is 4.79 Å². The van der Waals surface area contributed by atoms with Crippen LogP contribution in [0.2, 0.25) is 0 Å². The molecule has 3 aromatic heterocycles. The summed E-state index contributed by atoms with van der Waals surface area (Å²) in [5, 5.41) is 14.3. The summed E-state index contributed by atoms with van der Waals surface area (Å²) in [6.45, 7) is 2.67. The molecule has 0 fully saturated rings. The van der Waals surface area contributed by atoms with Crippen molar-refractivity contribution >= 4 is 0 Å². The summed E-state index contributed by atoms with van der Waals surface area (Å²) in [7, 11) is 0. The van der Waals surface area contributed by atoms with Crippen LogP contribution in [0.4, 0.5) is 0 Å². The zero-order chi connectivity index (χ0) is 23.3. The van der Waals surface area contributed by atoms with Crippen molar-refractivity contribution < 1.29 is 0 Å². The fourth-order valence-corrected chi connectivity index (χ4v) is 4.07. The van der Waals surface area contributed by atoms with Gasteiger partial charge in [0.15, 0.2) is 0 Å². The smallest absolute Gasteiger partial charge is 0.292 e. The number of hydrogen-bond acceptors (Lipinski definition) is 5. The van der Waals surface area contributed by atoms with Gasteiger partial charge in [0.05, 0.1) is 17.9 Å². The molecule has 0 aliphatic rings. The van der Waals surface area contributed by atoms with Crippen LogP contribution in [0, 0.1) is 0 Å². The third-order valence-corrected chi connectivity index (χ3v) is 5.84. The zero-order valence-corrected chi connectivity index (χ0v) is 18.9.